The first-order chi connectivity index (χ1) is 5.79. The van der Waals surface area contributed by atoms with Gasteiger partial charge in [-0.25, -0.2) is 4.79 Å². The Kier molecular flexibility index (Phi) is 1.30. The Balaban J connectivity index is 2.82. The van der Waals surface area contributed by atoms with Gasteiger partial charge in [0.05, 0.1) is 23.5 Å². The van der Waals surface area contributed by atoms with Gasteiger partial charge in [-0.05, 0) is 0 Å². The van der Waals surface area contributed by atoms with E-state index in [2.05, 4.69) is 15.2 Å². The highest BCUT2D eigenvalue weighted by Gasteiger charge is 2.08. The topological polar surface area (TPSA) is 78.9 Å². The summed E-state index contributed by atoms with van der Waals surface area (Å²) in [5, 5.41) is 15.7. The van der Waals surface area contributed by atoms with Crippen LogP contribution >= 0.6 is 0 Å². The Labute approximate surface area is 67.1 Å². The van der Waals surface area contributed by atoms with Gasteiger partial charge in [-0.1, -0.05) is 0 Å². The summed E-state index contributed by atoms with van der Waals surface area (Å²) in [5.41, 5.74) is 0.802. The Morgan fingerprint density at radius 1 is 1.42 bits per heavy atom. The third kappa shape index (κ3) is 0.833. The molecule has 2 N–H and O–H groups in total. The van der Waals surface area contributed by atoms with E-state index in [0.29, 0.717) is 10.9 Å². The van der Waals surface area contributed by atoms with E-state index in [-0.39, 0.29) is 5.56 Å². The minimum Gasteiger partial charge on any atom is -0.478 e. The molecule has 5 heteroatoms. The molecule has 0 aliphatic rings. The van der Waals surface area contributed by atoms with Crippen molar-refractivity contribution in [3.05, 3.63) is 24.2 Å². The monoisotopic (exact) mass is 163 g/mol. The number of H-pyrrole nitrogens is 1. The van der Waals surface area contributed by atoms with E-state index >= 15 is 0 Å². The zero-order valence-corrected chi connectivity index (χ0v) is 5.98. The first kappa shape index (κ1) is 6.78. The number of aromatic carboxylic acids is 1. The first-order valence-corrected chi connectivity index (χ1v) is 3.29. The molecule has 0 amide bonds. The average molecular weight is 163 g/mol. The molecule has 0 spiro atoms. The van der Waals surface area contributed by atoms with Gasteiger partial charge in [-0.15, -0.1) is 0 Å². The molecular weight excluding hydrogens is 158 g/mol. The quantitative estimate of drug-likeness (QED) is 0.647. The zero-order valence-electron chi connectivity index (χ0n) is 5.98. The van der Waals surface area contributed by atoms with Crippen LogP contribution in [-0.4, -0.2) is 26.3 Å². The van der Waals surface area contributed by atoms with E-state index < -0.39 is 5.97 Å². The highest BCUT2D eigenvalue weighted by Crippen LogP contribution is 2.13. The van der Waals surface area contributed by atoms with Crippen molar-refractivity contribution in [3.8, 4) is 0 Å². The molecule has 2 aromatic heterocycles. The highest BCUT2D eigenvalue weighted by atomic mass is 16.4. The number of hydrogen-bond donors (Lipinski definition) is 2. The average Bonchev–Trinajstić information content (AvgIpc) is 2.49. The van der Waals surface area contributed by atoms with Crippen molar-refractivity contribution < 1.29 is 9.90 Å². The van der Waals surface area contributed by atoms with Crippen LogP contribution in [0.25, 0.3) is 10.9 Å². The Morgan fingerprint density at radius 2 is 2.25 bits per heavy atom. The zero-order chi connectivity index (χ0) is 8.55. The number of fused-ring (bicyclic) bond motifs is 1. The minimum absolute atomic E-state index is 0.168. The van der Waals surface area contributed by atoms with E-state index in [1.165, 1.54) is 18.6 Å². The lowest BCUT2D eigenvalue weighted by Gasteiger charge is -1.93. The van der Waals surface area contributed by atoms with Gasteiger partial charge < -0.3 is 5.11 Å². The van der Waals surface area contributed by atoms with Crippen molar-refractivity contribution in [2.45, 2.75) is 0 Å². The molecule has 2 rings (SSSR count). The molecule has 0 saturated carbocycles. The summed E-state index contributed by atoms with van der Waals surface area (Å²) in [7, 11) is 0. The van der Waals surface area contributed by atoms with Gasteiger partial charge in [0.1, 0.15) is 0 Å². The van der Waals surface area contributed by atoms with Gasteiger partial charge in [-0.3, -0.25) is 10.1 Å². The van der Waals surface area contributed by atoms with Gasteiger partial charge in [0, 0.05) is 11.6 Å². The van der Waals surface area contributed by atoms with Crippen LogP contribution in [0.4, 0.5) is 0 Å². The van der Waals surface area contributed by atoms with E-state index in [1.54, 1.807) is 0 Å². The number of aromatic nitrogens is 3. The second-order valence-electron chi connectivity index (χ2n) is 2.32. The highest BCUT2D eigenvalue weighted by molar-refractivity contribution is 6.01. The first-order valence-electron chi connectivity index (χ1n) is 3.29. The van der Waals surface area contributed by atoms with Gasteiger partial charge in [-0.2, -0.15) is 5.10 Å². The van der Waals surface area contributed by atoms with Gasteiger partial charge in [0.25, 0.3) is 0 Å². The molecule has 0 unspecified atom stereocenters. The van der Waals surface area contributed by atoms with Crippen molar-refractivity contribution in [3.63, 3.8) is 0 Å². The molecule has 0 aliphatic carbocycles. The summed E-state index contributed by atoms with van der Waals surface area (Å²) in [4.78, 5) is 14.4. The van der Waals surface area contributed by atoms with Crippen LogP contribution in [0.1, 0.15) is 10.4 Å². The molecule has 0 aromatic carbocycles. The standard InChI is InChI=1S/C7H5N3O2/c11-7(12)5-1-8-3-6-4(5)2-9-10-6/h1-3H,(H,9,10)(H,11,12). The molecule has 60 valence electrons. The number of aromatic amines is 1. The minimum atomic E-state index is -0.991. The molecule has 2 heterocycles. The van der Waals surface area contributed by atoms with Crippen molar-refractivity contribution in [2.75, 3.05) is 0 Å². The number of carbonyl (C=O) groups is 1. The Hall–Kier alpha value is -1.91. The third-order valence-electron chi connectivity index (χ3n) is 1.60. The van der Waals surface area contributed by atoms with Gasteiger partial charge in [0.15, 0.2) is 0 Å². The number of nitrogens with zero attached hydrogens (tertiary/aromatic N) is 2. The predicted octanol–water partition coefficient (Wildman–Crippen LogP) is 0.656. The molecule has 0 atom stereocenters. The fraction of sp³-hybridized carbons (Fsp3) is 0. The lowest BCUT2D eigenvalue weighted by molar-refractivity contribution is 0.0698. The second kappa shape index (κ2) is 2.30. The molecule has 0 bridgehead atoms. The maximum Gasteiger partial charge on any atom is 0.338 e. The fourth-order valence-electron chi connectivity index (χ4n) is 1.04. The normalized spacial score (nSPS) is 10.3. The number of carboxylic acids is 1. The number of hydrogen-bond acceptors (Lipinski definition) is 3. The van der Waals surface area contributed by atoms with E-state index in [0.717, 1.165) is 0 Å². The maximum atomic E-state index is 10.6. The molecule has 2 aromatic rings. The van der Waals surface area contributed by atoms with E-state index in [9.17, 15) is 4.79 Å². The number of carboxylic acid groups (broad SMARTS) is 1. The lowest BCUT2D eigenvalue weighted by atomic mass is 10.2. The van der Waals surface area contributed by atoms with Crippen molar-refractivity contribution in [1.29, 1.82) is 0 Å². The van der Waals surface area contributed by atoms with Crippen LogP contribution in [0.15, 0.2) is 18.6 Å². The Bertz CT molecular complexity index is 435. The maximum absolute atomic E-state index is 10.6. The van der Waals surface area contributed by atoms with Crippen LogP contribution < -0.4 is 0 Å². The van der Waals surface area contributed by atoms with Crippen molar-refractivity contribution in [1.82, 2.24) is 15.2 Å². The summed E-state index contributed by atoms with van der Waals surface area (Å²) < 4.78 is 0. The van der Waals surface area contributed by atoms with Crippen molar-refractivity contribution in [2.24, 2.45) is 0 Å². The van der Waals surface area contributed by atoms with Crippen LogP contribution in [-0.2, 0) is 0 Å². The molecule has 0 radical (unpaired) electrons. The Morgan fingerprint density at radius 3 is 3.00 bits per heavy atom. The van der Waals surface area contributed by atoms with Crippen LogP contribution in [0.5, 0.6) is 0 Å². The third-order valence-corrected chi connectivity index (χ3v) is 1.60. The fourth-order valence-corrected chi connectivity index (χ4v) is 1.04. The number of nitrogens with one attached hydrogen (secondary N) is 1. The summed E-state index contributed by atoms with van der Waals surface area (Å²) in [6.07, 6.45) is 4.31. The van der Waals surface area contributed by atoms with Crippen molar-refractivity contribution >= 4 is 16.9 Å². The molecule has 12 heavy (non-hydrogen) atoms. The molecule has 5 nitrogen and oxygen atoms in total. The SMILES string of the molecule is O=C(O)c1cncc2[nH]ncc12. The van der Waals surface area contributed by atoms with Crippen LogP contribution in [0.3, 0.4) is 0 Å². The summed E-state index contributed by atoms with van der Waals surface area (Å²) in [6, 6.07) is 0. The molecule has 0 fully saturated rings. The number of pyridine rings is 1. The largest absolute Gasteiger partial charge is 0.478 e. The van der Waals surface area contributed by atoms with Crippen LogP contribution in [0.2, 0.25) is 0 Å². The lowest BCUT2D eigenvalue weighted by Crippen LogP contribution is -1.97. The number of rotatable bonds is 1. The summed E-state index contributed by atoms with van der Waals surface area (Å²) >= 11 is 0. The van der Waals surface area contributed by atoms with Gasteiger partial charge >= 0.3 is 5.97 Å². The molecule has 0 saturated heterocycles. The second-order valence-corrected chi connectivity index (χ2v) is 2.32. The van der Waals surface area contributed by atoms with E-state index in [1.807, 2.05) is 0 Å². The van der Waals surface area contributed by atoms with E-state index in [4.69, 9.17) is 5.11 Å². The predicted molar refractivity (Wildman–Crippen MR) is 40.8 cm³/mol. The molecular formula is C7H5N3O2. The van der Waals surface area contributed by atoms with Crippen LogP contribution in [0, 0.1) is 0 Å². The smallest absolute Gasteiger partial charge is 0.338 e. The van der Waals surface area contributed by atoms with Gasteiger partial charge in [0.2, 0.25) is 0 Å². The summed E-state index contributed by atoms with van der Waals surface area (Å²) in [5.74, 6) is -0.991. The summed E-state index contributed by atoms with van der Waals surface area (Å²) in [6.45, 7) is 0. The molecule has 0 aliphatic heterocycles.